The van der Waals surface area contributed by atoms with Gasteiger partial charge in [0, 0.05) is 6.08 Å². The normalized spacial score (nSPS) is 10.4. The van der Waals surface area contributed by atoms with Crippen LogP contribution in [0.5, 0.6) is 0 Å². The molecule has 0 saturated carbocycles. The summed E-state index contributed by atoms with van der Waals surface area (Å²) in [6.45, 7) is -0.247. The van der Waals surface area contributed by atoms with Crippen molar-refractivity contribution in [2.75, 3.05) is 13.2 Å². The zero-order chi connectivity index (χ0) is 15.1. The number of hydrogen-bond acceptors (Lipinski definition) is 5. The molecule has 6 heteroatoms. The number of esters is 1. The van der Waals surface area contributed by atoms with Crippen molar-refractivity contribution in [1.82, 2.24) is 10.3 Å². The SMILES string of the molecule is C#CCNC(=O)COC(=O)/C=C/c1nc2ccccc2s1. The zero-order valence-corrected chi connectivity index (χ0v) is 11.9. The quantitative estimate of drug-likeness (QED) is 0.517. The molecule has 1 aromatic carbocycles. The molecule has 0 radical (unpaired) electrons. The number of para-hydroxylation sites is 1. The highest BCUT2D eigenvalue weighted by Gasteiger charge is 2.04. The van der Waals surface area contributed by atoms with Gasteiger partial charge in [0.1, 0.15) is 5.01 Å². The summed E-state index contributed by atoms with van der Waals surface area (Å²) in [6.07, 6.45) is 7.79. The average Bonchev–Trinajstić information content (AvgIpc) is 2.91. The van der Waals surface area contributed by atoms with Crippen LogP contribution < -0.4 is 5.32 Å². The average molecular weight is 300 g/mol. The predicted molar refractivity (Wildman–Crippen MR) is 81.5 cm³/mol. The van der Waals surface area contributed by atoms with E-state index < -0.39 is 11.9 Å². The smallest absolute Gasteiger partial charge is 0.331 e. The Kier molecular flexibility index (Phi) is 5.07. The van der Waals surface area contributed by atoms with Crippen molar-refractivity contribution in [3.63, 3.8) is 0 Å². The second kappa shape index (κ2) is 7.22. The van der Waals surface area contributed by atoms with E-state index >= 15 is 0 Å². The van der Waals surface area contributed by atoms with Crippen molar-refractivity contribution < 1.29 is 14.3 Å². The molecule has 0 saturated heterocycles. The Morgan fingerprint density at radius 1 is 1.43 bits per heavy atom. The third-order valence-electron chi connectivity index (χ3n) is 2.41. The number of nitrogens with one attached hydrogen (secondary N) is 1. The number of carbonyl (C=O) groups excluding carboxylic acids is 2. The van der Waals surface area contributed by atoms with Gasteiger partial charge in [-0.15, -0.1) is 17.8 Å². The summed E-state index contributed by atoms with van der Waals surface area (Å²) in [5.41, 5.74) is 0.879. The molecule has 1 aromatic heterocycles. The van der Waals surface area contributed by atoms with E-state index in [1.807, 2.05) is 24.3 Å². The first kappa shape index (κ1) is 14.8. The predicted octanol–water partition coefficient (Wildman–Crippen LogP) is 1.60. The Hall–Kier alpha value is -2.65. The number of nitrogens with zero attached hydrogens (tertiary/aromatic N) is 1. The number of terminal acetylenes is 1. The highest BCUT2D eigenvalue weighted by molar-refractivity contribution is 7.19. The first-order valence-corrected chi connectivity index (χ1v) is 6.91. The maximum absolute atomic E-state index is 11.5. The molecular weight excluding hydrogens is 288 g/mol. The van der Waals surface area contributed by atoms with Gasteiger partial charge in [-0.05, 0) is 18.2 Å². The van der Waals surface area contributed by atoms with Crippen LogP contribution in [-0.4, -0.2) is 30.0 Å². The first-order chi connectivity index (χ1) is 10.2. The summed E-state index contributed by atoms with van der Waals surface area (Å²) in [6, 6.07) is 7.69. The molecule has 0 fully saturated rings. The lowest BCUT2D eigenvalue weighted by molar-refractivity contribution is -0.143. The van der Waals surface area contributed by atoms with E-state index in [4.69, 9.17) is 11.2 Å². The standard InChI is InChI=1S/C15H12N2O3S/c1-2-9-16-13(18)10-20-15(19)8-7-14-17-11-5-3-4-6-12(11)21-14/h1,3-8H,9-10H2,(H,16,18)/b8-7+. The van der Waals surface area contributed by atoms with Crippen LogP contribution >= 0.6 is 11.3 Å². The fourth-order valence-corrected chi connectivity index (χ4v) is 2.36. The van der Waals surface area contributed by atoms with Crippen LogP contribution in [0.1, 0.15) is 5.01 Å². The summed E-state index contributed by atoms with van der Waals surface area (Å²) in [7, 11) is 0. The number of ether oxygens (including phenoxy) is 1. The number of hydrogen-bond donors (Lipinski definition) is 1. The first-order valence-electron chi connectivity index (χ1n) is 6.09. The van der Waals surface area contributed by atoms with Gasteiger partial charge in [-0.1, -0.05) is 18.1 Å². The lowest BCUT2D eigenvalue weighted by atomic mass is 10.3. The number of rotatable bonds is 5. The molecule has 0 bridgehead atoms. The van der Waals surface area contributed by atoms with Crippen molar-refractivity contribution in [3.05, 3.63) is 35.3 Å². The van der Waals surface area contributed by atoms with Gasteiger partial charge in [-0.2, -0.15) is 0 Å². The molecule has 2 rings (SSSR count). The second-order valence-electron chi connectivity index (χ2n) is 3.94. The minimum atomic E-state index is -0.606. The third kappa shape index (κ3) is 4.44. The Bertz CT molecular complexity index is 695. The van der Waals surface area contributed by atoms with Crippen LogP contribution in [0.25, 0.3) is 16.3 Å². The second-order valence-corrected chi connectivity index (χ2v) is 5.00. The molecule has 5 nitrogen and oxygen atoms in total. The number of benzene rings is 1. The van der Waals surface area contributed by atoms with Gasteiger partial charge in [0.15, 0.2) is 6.61 Å². The minimum Gasteiger partial charge on any atom is -0.452 e. The van der Waals surface area contributed by atoms with Gasteiger partial charge in [0.25, 0.3) is 5.91 Å². The molecule has 0 atom stereocenters. The molecule has 21 heavy (non-hydrogen) atoms. The fraction of sp³-hybridized carbons (Fsp3) is 0.133. The molecule has 0 spiro atoms. The molecule has 2 aromatic rings. The van der Waals surface area contributed by atoms with Crippen LogP contribution in [0.3, 0.4) is 0 Å². The Balaban J connectivity index is 1.87. The van der Waals surface area contributed by atoms with E-state index in [1.54, 1.807) is 6.08 Å². The zero-order valence-electron chi connectivity index (χ0n) is 11.0. The van der Waals surface area contributed by atoms with Crippen molar-refractivity contribution in [2.24, 2.45) is 0 Å². The van der Waals surface area contributed by atoms with Gasteiger partial charge >= 0.3 is 5.97 Å². The fourth-order valence-electron chi connectivity index (χ4n) is 1.49. The van der Waals surface area contributed by atoms with E-state index in [1.165, 1.54) is 17.4 Å². The van der Waals surface area contributed by atoms with Gasteiger partial charge in [0.05, 0.1) is 16.8 Å². The van der Waals surface area contributed by atoms with Gasteiger partial charge in [0.2, 0.25) is 0 Å². The van der Waals surface area contributed by atoms with E-state index in [-0.39, 0.29) is 13.2 Å². The van der Waals surface area contributed by atoms with Crippen molar-refractivity contribution in [2.45, 2.75) is 0 Å². The van der Waals surface area contributed by atoms with Crippen LogP contribution in [0.2, 0.25) is 0 Å². The van der Waals surface area contributed by atoms with E-state index in [0.717, 1.165) is 10.2 Å². The van der Waals surface area contributed by atoms with E-state index in [9.17, 15) is 9.59 Å². The van der Waals surface area contributed by atoms with Crippen LogP contribution in [-0.2, 0) is 14.3 Å². The van der Waals surface area contributed by atoms with Crippen LogP contribution in [0, 0.1) is 12.3 Å². The Labute approximate surface area is 125 Å². The van der Waals surface area contributed by atoms with Crippen molar-refractivity contribution in [3.8, 4) is 12.3 Å². The number of aromatic nitrogens is 1. The molecule has 106 valence electrons. The van der Waals surface area contributed by atoms with Crippen LogP contribution in [0.4, 0.5) is 0 Å². The Morgan fingerprint density at radius 3 is 3.00 bits per heavy atom. The van der Waals surface area contributed by atoms with E-state index in [0.29, 0.717) is 5.01 Å². The number of amides is 1. The Morgan fingerprint density at radius 2 is 2.24 bits per heavy atom. The summed E-state index contributed by atoms with van der Waals surface area (Å²) < 4.78 is 5.81. The molecular formula is C15H12N2O3S. The maximum Gasteiger partial charge on any atom is 0.331 e. The number of thiazole rings is 1. The molecule has 0 aliphatic carbocycles. The third-order valence-corrected chi connectivity index (χ3v) is 3.41. The lowest BCUT2D eigenvalue weighted by Gasteiger charge is -2.01. The van der Waals surface area contributed by atoms with Gasteiger partial charge in [-0.25, -0.2) is 9.78 Å². The monoisotopic (exact) mass is 300 g/mol. The molecule has 0 aliphatic rings. The van der Waals surface area contributed by atoms with Gasteiger partial charge in [-0.3, -0.25) is 4.79 Å². The van der Waals surface area contributed by atoms with Crippen molar-refractivity contribution >= 4 is 39.5 Å². The molecule has 1 N–H and O–H groups in total. The summed E-state index contributed by atoms with van der Waals surface area (Å²) in [4.78, 5) is 27.0. The summed E-state index contributed by atoms with van der Waals surface area (Å²) in [5, 5.41) is 3.09. The maximum atomic E-state index is 11.5. The number of carbonyl (C=O) groups is 2. The number of fused-ring (bicyclic) bond motifs is 1. The highest BCUT2D eigenvalue weighted by atomic mass is 32.1. The molecule has 0 aliphatic heterocycles. The van der Waals surface area contributed by atoms with Crippen molar-refractivity contribution in [1.29, 1.82) is 0 Å². The molecule has 1 heterocycles. The molecule has 1 amide bonds. The largest absolute Gasteiger partial charge is 0.452 e. The summed E-state index contributed by atoms with van der Waals surface area (Å²) >= 11 is 1.47. The van der Waals surface area contributed by atoms with Crippen LogP contribution in [0.15, 0.2) is 30.3 Å². The topological polar surface area (TPSA) is 68.3 Å². The highest BCUT2D eigenvalue weighted by Crippen LogP contribution is 2.22. The minimum absolute atomic E-state index is 0.109. The summed E-state index contributed by atoms with van der Waals surface area (Å²) in [5.74, 6) is 1.21. The lowest BCUT2D eigenvalue weighted by Crippen LogP contribution is -2.28. The van der Waals surface area contributed by atoms with E-state index in [2.05, 4.69) is 16.2 Å². The van der Waals surface area contributed by atoms with Gasteiger partial charge < -0.3 is 10.1 Å². The molecule has 0 unspecified atom stereocenters.